The highest BCUT2D eigenvalue weighted by atomic mass is 35.5. The maximum atomic E-state index is 12.8. The predicted octanol–water partition coefficient (Wildman–Crippen LogP) is 2.87. The fourth-order valence-electron chi connectivity index (χ4n) is 2.40. The van der Waals surface area contributed by atoms with E-state index < -0.39 is 17.8 Å². The lowest BCUT2D eigenvalue weighted by Crippen LogP contribution is -2.54. The monoisotopic (exact) mass is 386 g/mol. The van der Waals surface area contributed by atoms with Crippen LogP contribution in [0.5, 0.6) is 0 Å². The molecule has 130 valence electrons. The quantitative estimate of drug-likeness (QED) is 0.481. The van der Waals surface area contributed by atoms with Crippen LogP contribution < -0.4 is 10.2 Å². The Kier molecular flexibility index (Phi) is 4.83. The summed E-state index contributed by atoms with van der Waals surface area (Å²) in [7, 11) is 0. The number of benzene rings is 2. The van der Waals surface area contributed by atoms with Crippen LogP contribution >= 0.6 is 23.8 Å². The summed E-state index contributed by atoms with van der Waals surface area (Å²) in [4.78, 5) is 37.3. The summed E-state index contributed by atoms with van der Waals surface area (Å²) >= 11 is 10.9. The molecular formula is C18H11ClN2O4S. The minimum Gasteiger partial charge on any atom is -0.478 e. The molecule has 0 aliphatic carbocycles. The van der Waals surface area contributed by atoms with Crippen LogP contribution in [0.15, 0.2) is 54.1 Å². The van der Waals surface area contributed by atoms with Gasteiger partial charge in [-0.25, -0.2) is 4.79 Å². The van der Waals surface area contributed by atoms with Gasteiger partial charge in [0.15, 0.2) is 5.11 Å². The lowest BCUT2D eigenvalue weighted by molar-refractivity contribution is -0.122. The highest BCUT2D eigenvalue weighted by molar-refractivity contribution is 7.80. The van der Waals surface area contributed by atoms with Crippen LogP contribution in [0, 0.1) is 0 Å². The molecule has 0 aromatic heterocycles. The summed E-state index contributed by atoms with van der Waals surface area (Å²) in [5, 5.41) is 12.0. The predicted molar refractivity (Wildman–Crippen MR) is 101 cm³/mol. The van der Waals surface area contributed by atoms with E-state index in [1.54, 1.807) is 24.3 Å². The first-order valence-corrected chi connectivity index (χ1v) is 8.16. The summed E-state index contributed by atoms with van der Waals surface area (Å²) < 4.78 is 0. The van der Waals surface area contributed by atoms with Crippen LogP contribution in [0.1, 0.15) is 15.9 Å². The van der Waals surface area contributed by atoms with Crippen molar-refractivity contribution in [2.45, 2.75) is 0 Å². The van der Waals surface area contributed by atoms with Crippen LogP contribution in [-0.2, 0) is 9.59 Å². The smallest absolute Gasteiger partial charge is 0.335 e. The lowest BCUT2D eigenvalue weighted by atomic mass is 10.1. The van der Waals surface area contributed by atoms with Crippen LogP contribution in [-0.4, -0.2) is 28.0 Å². The number of hydrogen-bond acceptors (Lipinski definition) is 4. The van der Waals surface area contributed by atoms with Gasteiger partial charge < -0.3 is 5.11 Å². The molecule has 0 spiro atoms. The van der Waals surface area contributed by atoms with Gasteiger partial charge in [-0.3, -0.25) is 19.8 Å². The number of nitrogens with one attached hydrogen (secondary N) is 1. The Bertz CT molecular complexity index is 969. The Morgan fingerprint density at radius 1 is 1.15 bits per heavy atom. The third kappa shape index (κ3) is 3.49. The van der Waals surface area contributed by atoms with E-state index in [2.05, 4.69) is 5.32 Å². The Labute approximate surface area is 158 Å². The number of anilines is 1. The molecule has 8 heteroatoms. The molecule has 2 amide bonds. The third-order valence-electron chi connectivity index (χ3n) is 3.63. The Morgan fingerprint density at radius 2 is 1.85 bits per heavy atom. The summed E-state index contributed by atoms with van der Waals surface area (Å²) in [5.41, 5.74) is 0.738. The van der Waals surface area contributed by atoms with Crippen LogP contribution in [0.4, 0.5) is 5.69 Å². The number of carboxylic acids is 1. The second-order valence-electron chi connectivity index (χ2n) is 5.36. The molecule has 0 saturated carbocycles. The average molecular weight is 387 g/mol. The second kappa shape index (κ2) is 7.07. The SMILES string of the molecule is O=C1NC(=S)N(c2cccc(C(=O)O)c2)C(=O)C1=Cc1ccc(Cl)cc1. The van der Waals surface area contributed by atoms with Gasteiger partial charge >= 0.3 is 5.97 Å². The number of carbonyl (C=O) groups is 3. The molecule has 0 bridgehead atoms. The Balaban J connectivity index is 2.02. The van der Waals surface area contributed by atoms with Crippen molar-refractivity contribution in [1.29, 1.82) is 0 Å². The molecule has 26 heavy (non-hydrogen) atoms. The van der Waals surface area contributed by atoms with E-state index in [0.29, 0.717) is 10.6 Å². The van der Waals surface area contributed by atoms with Gasteiger partial charge in [-0.1, -0.05) is 29.8 Å². The van der Waals surface area contributed by atoms with E-state index in [9.17, 15) is 14.4 Å². The maximum absolute atomic E-state index is 12.8. The summed E-state index contributed by atoms with van der Waals surface area (Å²) in [6.45, 7) is 0. The van der Waals surface area contributed by atoms with Crippen molar-refractivity contribution < 1.29 is 19.5 Å². The fraction of sp³-hybridized carbons (Fsp3) is 0. The van der Waals surface area contributed by atoms with Gasteiger partial charge in [0.25, 0.3) is 11.8 Å². The van der Waals surface area contributed by atoms with Gasteiger partial charge in [0.05, 0.1) is 11.3 Å². The first kappa shape index (κ1) is 17.8. The molecule has 2 N–H and O–H groups in total. The Hall–Kier alpha value is -3.03. The number of thiocarbonyl (C=S) groups is 1. The van der Waals surface area contributed by atoms with Gasteiger partial charge in [-0.2, -0.15) is 0 Å². The van der Waals surface area contributed by atoms with Crippen LogP contribution in [0.25, 0.3) is 6.08 Å². The largest absolute Gasteiger partial charge is 0.478 e. The first-order valence-electron chi connectivity index (χ1n) is 7.37. The molecule has 3 rings (SSSR count). The number of hydrogen-bond donors (Lipinski definition) is 2. The average Bonchev–Trinajstić information content (AvgIpc) is 2.60. The van der Waals surface area contributed by atoms with Gasteiger partial charge in [0.2, 0.25) is 0 Å². The topological polar surface area (TPSA) is 86.7 Å². The molecule has 1 saturated heterocycles. The number of nitrogens with zero attached hydrogens (tertiary/aromatic N) is 1. The van der Waals surface area contributed by atoms with Crippen LogP contribution in [0.3, 0.4) is 0 Å². The van der Waals surface area contributed by atoms with E-state index in [1.807, 2.05) is 0 Å². The van der Waals surface area contributed by atoms with Crippen molar-refractivity contribution in [2.24, 2.45) is 0 Å². The Morgan fingerprint density at radius 3 is 2.50 bits per heavy atom. The molecule has 0 radical (unpaired) electrons. The van der Waals surface area contributed by atoms with E-state index in [4.69, 9.17) is 28.9 Å². The molecule has 2 aromatic carbocycles. The maximum Gasteiger partial charge on any atom is 0.335 e. The zero-order valence-corrected chi connectivity index (χ0v) is 14.7. The van der Waals surface area contributed by atoms with E-state index in [0.717, 1.165) is 4.90 Å². The number of rotatable bonds is 3. The number of halogens is 1. The molecule has 0 unspecified atom stereocenters. The number of carbonyl (C=O) groups excluding carboxylic acids is 2. The highest BCUT2D eigenvalue weighted by Crippen LogP contribution is 2.23. The summed E-state index contributed by atoms with van der Waals surface area (Å²) in [6.07, 6.45) is 1.42. The molecule has 1 heterocycles. The zero-order valence-electron chi connectivity index (χ0n) is 13.1. The summed E-state index contributed by atoms with van der Waals surface area (Å²) in [6, 6.07) is 12.3. The normalized spacial score (nSPS) is 16.0. The van der Waals surface area contributed by atoms with Gasteiger partial charge in [-0.05, 0) is 54.2 Å². The first-order chi connectivity index (χ1) is 12.4. The summed E-state index contributed by atoms with van der Waals surface area (Å²) in [5.74, 6) is -2.40. The fourth-order valence-corrected chi connectivity index (χ4v) is 2.80. The number of amides is 2. The number of aromatic carboxylic acids is 1. The standard InChI is InChI=1S/C18H11ClN2O4S/c19-12-6-4-10(5-7-12)8-14-15(22)20-18(26)21(16(14)23)13-3-1-2-11(9-13)17(24)25/h1-9H,(H,24,25)(H,20,22,26). The number of carboxylic acid groups (broad SMARTS) is 1. The van der Waals surface area contributed by atoms with E-state index in [1.165, 1.54) is 30.3 Å². The van der Waals surface area contributed by atoms with Crippen molar-refractivity contribution in [3.8, 4) is 0 Å². The molecule has 6 nitrogen and oxygen atoms in total. The van der Waals surface area contributed by atoms with Gasteiger partial charge in [0, 0.05) is 5.02 Å². The molecule has 1 fully saturated rings. The molecule has 1 aliphatic heterocycles. The molecule has 1 aliphatic rings. The highest BCUT2D eigenvalue weighted by Gasteiger charge is 2.34. The van der Waals surface area contributed by atoms with Crippen molar-refractivity contribution in [2.75, 3.05) is 4.90 Å². The van der Waals surface area contributed by atoms with Crippen molar-refractivity contribution in [3.05, 3.63) is 70.3 Å². The molecular weight excluding hydrogens is 376 g/mol. The van der Waals surface area contributed by atoms with Gasteiger partial charge in [0.1, 0.15) is 5.57 Å². The third-order valence-corrected chi connectivity index (χ3v) is 4.17. The van der Waals surface area contributed by atoms with Crippen molar-refractivity contribution in [3.63, 3.8) is 0 Å². The lowest BCUT2D eigenvalue weighted by Gasteiger charge is -2.29. The minimum atomic E-state index is -1.14. The minimum absolute atomic E-state index is 0.00164. The van der Waals surface area contributed by atoms with E-state index >= 15 is 0 Å². The van der Waals surface area contributed by atoms with Gasteiger partial charge in [-0.15, -0.1) is 0 Å². The van der Waals surface area contributed by atoms with Crippen molar-refractivity contribution in [1.82, 2.24) is 5.32 Å². The second-order valence-corrected chi connectivity index (χ2v) is 6.19. The van der Waals surface area contributed by atoms with Crippen LogP contribution in [0.2, 0.25) is 5.02 Å². The van der Waals surface area contributed by atoms with E-state index in [-0.39, 0.29) is 21.9 Å². The molecule has 2 aromatic rings. The molecule has 0 atom stereocenters. The zero-order chi connectivity index (χ0) is 18.8. The van der Waals surface area contributed by atoms with Crippen molar-refractivity contribution >= 4 is 58.5 Å².